The quantitative estimate of drug-likeness (QED) is 0.718. The molecule has 1 fully saturated rings. The van der Waals surface area contributed by atoms with Crippen molar-refractivity contribution < 1.29 is 0 Å². The Bertz CT molecular complexity index is 316. The molecule has 0 saturated heterocycles. The molecule has 1 aromatic rings. The highest BCUT2D eigenvalue weighted by Gasteiger charge is 2.30. The number of hydrogen-bond acceptors (Lipinski definition) is 2. The summed E-state index contributed by atoms with van der Waals surface area (Å²) in [6, 6.07) is 8.06. The second kappa shape index (κ2) is 3.62. The smallest absolute Gasteiger partial charge is 0.0359 e. The first-order valence-corrected chi connectivity index (χ1v) is 5.28. The van der Waals surface area contributed by atoms with Crippen LogP contribution in [0.1, 0.15) is 31.7 Å². The van der Waals surface area contributed by atoms with Gasteiger partial charge >= 0.3 is 0 Å². The number of anilines is 1. The molecule has 1 saturated carbocycles. The van der Waals surface area contributed by atoms with Gasteiger partial charge in [-0.3, -0.25) is 0 Å². The predicted molar refractivity (Wildman–Crippen MR) is 60.0 cm³/mol. The van der Waals surface area contributed by atoms with Crippen LogP contribution < -0.4 is 11.1 Å². The van der Waals surface area contributed by atoms with Crippen LogP contribution in [0.4, 0.5) is 5.69 Å². The first kappa shape index (κ1) is 9.53. The van der Waals surface area contributed by atoms with Gasteiger partial charge in [-0.25, -0.2) is 0 Å². The van der Waals surface area contributed by atoms with Gasteiger partial charge in [0.15, 0.2) is 0 Å². The molecule has 0 bridgehead atoms. The van der Waals surface area contributed by atoms with Crippen LogP contribution in [0.5, 0.6) is 0 Å². The first-order valence-electron chi connectivity index (χ1n) is 5.28. The lowest BCUT2D eigenvalue weighted by Gasteiger charge is -2.39. The average Bonchev–Trinajstić information content (AvgIpc) is 2.14. The highest BCUT2D eigenvalue weighted by molar-refractivity contribution is 5.46. The summed E-state index contributed by atoms with van der Waals surface area (Å²) < 4.78 is 0. The SMILES string of the molecule is CC1(NCc2ccccc2N)CCC1. The average molecular weight is 190 g/mol. The lowest BCUT2D eigenvalue weighted by molar-refractivity contribution is 0.207. The van der Waals surface area contributed by atoms with Gasteiger partial charge in [0, 0.05) is 17.8 Å². The maximum absolute atomic E-state index is 5.87. The monoisotopic (exact) mass is 190 g/mol. The molecule has 0 spiro atoms. The summed E-state index contributed by atoms with van der Waals surface area (Å²) >= 11 is 0. The fourth-order valence-electron chi connectivity index (χ4n) is 1.89. The van der Waals surface area contributed by atoms with Crippen molar-refractivity contribution in [3.05, 3.63) is 29.8 Å². The van der Waals surface area contributed by atoms with Gasteiger partial charge in [-0.05, 0) is 37.8 Å². The predicted octanol–water partition coefficient (Wildman–Crippen LogP) is 2.30. The van der Waals surface area contributed by atoms with Crippen LogP contribution in [0, 0.1) is 0 Å². The number of nitrogens with two attached hydrogens (primary N) is 1. The van der Waals surface area contributed by atoms with Crippen LogP contribution in [0.25, 0.3) is 0 Å². The van der Waals surface area contributed by atoms with Crippen molar-refractivity contribution in [2.75, 3.05) is 5.73 Å². The highest BCUT2D eigenvalue weighted by Crippen LogP contribution is 2.31. The van der Waals surface area contributed by atoms with Crippen LogP contribution in [0.3, 0.4) is 0 Å². The van der Waals surface area contributed by atoms with E-state index in [1.807, 2.05) is 18.2 Å². The lowest BCUT2D eigenvalue weighted by Crippen LogP contribution is -2.47. The van der Waals surface area contributed by atoms with E-state index in [1.54, 1.807) is 0 Å². The van der Waals surface area contributed by atoms with Crippen molar-refractivity contribution in [3.63, 3.8) is 0 Å². The van der Waals surface area contributed by atoms with Crippen molar-refractivity contribution >= 4 is 5.69 Å². The molecular formula is C12H18N2. The molecular weight excluding hydrogens is 172 g/mol. The zero-order valence-electron chi connectivity index (χ0n) is 8.72. The molecule has 76 valence electrons. The summed E-state index contributed by atoms with van der Waals surface area (Å²) in [5.41, 5.74) is 8.33. The Morgan fingerprint density at radius 2 is 2.07 bits per heavy atom. The van der Waals surface area contributed by atoms with Gasteiger partial charge in [-0.2, -0.15) is 0 Å². The molecule has 14 heavy (non-hydrogen) atoms. The van der Waals surface area contributed by atoms with Gasteiger partial charge in [0.05, 0.1) is 0 Å². The Hall–Kier alpha value is -1.02. The summed E-state index contributed by atoms with van der Waals surface area (Å²) in [6.45, 7) is 3.18. The molecule has 1 aliphatic rings. The van der Waals surface area contributed by atoms with Crippen LogP contribution in [-0.4, -0.2) is 5.54 Å². The standard InChI is InChI=1S/C12H18N2/c1-12(7-4-8-12)14-9-10-5-2-3-6-11(10)13/h2-3,5-6,14H,4,7-9,13H2,1H3. The van der Waals surface area contributed by atoms with Crippen LogP contribution in [0.2, 0.25) is 0 Å². The molecule has 0 atom stereocenters. The van der Waals surface area contributed by atoms with Crippen molar-refractivity contribution in [2.45, 2.75) is 38.3 Å². The molecule has 3 N–H and O–H groups in total. The van der Waals surface area contributed by atoms with Crippen molar-refractivity contribution in [3.8, 4) is 0 Å². The Morgan fingerprint density at radius 3 is 2.64 bits per heavy atom. The van der Waals surface area contributed by atoms with E-state index in [-0.39, 0.29) is 0 Å². The summed E-state index contributed by atoms with van der Waals surface area (Å²) in [6.07, 6.45) is 3.94. The Morgan fingerprint density at radius 1 is 1.36 bits per heavy atom. The fourth-order valence-corrected chi connectivity index (χ4v) is 1.89. The number of para-hydroxylation sites is 1. The van der Waals surface area contributed by atoms with Gasteiger partial charge in [-0.1, -0.05) is 18.2 Å². The molecule has 0 amide bonds. The Balaban J connectivity index is 1.95. The van der Waals surface area contributed by atoms with Crippen LogP contribution >= 0.6 is 0 Å². The van der Waals surface area contributed by atoms with Crippen molar-refractivity contribution in [1.29, 1.82) is 0 Å². The fraction of sp³-hybridized carbons (Fsp3) is 0.500. The van der Waals surface area contributed by atoms with Gasteiger partial charge in [0.25, 0.3) is 0 Å². The van der Waals surface area contributed by atoms with Gasteiger partial charge < -0.3 is 11.1 Å². The third-order valence-corrected chi connectivity index (χ3v) is 3.22. The van der Waals surface area contributed by atoms with Gasteiger partial charge in [0.1, 0.15) is 0 Å². The second-order valence-electron chi connectivity index (χ2n) is 4.47. The molecule has 0 aromatic heterocycles. The maximum atomic E-state index is 5.87. The third-order valence-electron chi connectivity index (χ3n) is 3.22. The van der Waals surface area contributed by atoms with Crippen LogP contribution in [0.15, 0.2) is 24.3 Å². The molecule has 1 aromatic carbocycles. The molecule has 1 aliphatic carbocycles. The summed E-state index contributed by atoms with van der Waals surface area (Å²) in [4.78, 5) is 0. The molecule has 0 radical (unpaired) electrons. The summed E-state index contributed by atoms with van der Waals surface area (Å²) in [7, 11) is 0. The largest absolute Gasteiger partial charge is 0.398 e. The summed E-state index contributed by atoms with van der Waals surface area (Å²) in [5.74, 6) is 0. The van der Waals surface area contributed by atoms with E-state index >= 15 is 0 Å². The zero-order valence-corrected chi connectivity index (χ0v) is 8.72. The van der Waals surface area contributed by atoms with Gasteiger partial charge in [-0.15, -0.1) is 0 Å². The molecule has 2 rings (SSSR count). The normalized spacial score (nSPS) is 18.9. The first-order chi connectivity index (χ1) is 6.70. The molecule has 0 heterocycles. The van der Waals surface area contributed by atoms with Crippen molar-refractivity contribution in [1.82, 2.24) is 5.32 Å². The Kier molecular flexibility index (Phi) is 2.46. The van der Waals surface area contributed by atoms with E-state index in [0.717, 1.165) is 12.2 Å². The molecule has 2 nitrogen and oxygen atoms in total. The molecule has 0 aliphatic heterocycles. The van der Waals surface area contributed by atoms with E-state index in [4.69, 9.17) is 5.73 Å². The topological polar surface area (TPSA) is 38.0 Å². The van der Waals surface area contributed by atoms with Crippen molar-refractivity contribution in [2.24, 2.45) is 0 Å². The van der Waals surface area contributed by atoms with E-state index in [0.29, 0.717) is 5.54 Å². The number of rotatable bonds is 3. The highest BCUT2D eigenvalue weighted by atomic mass is 15.0. The number of nitrogen functional groups attached to an aromatic ring is 1. The van der Waals surface area contributed by atoms with Gasteiger partial charge in [0.2, 0.25) is 0 Å². The van der Waals surface area contributed by atoms with E-state index < -0.39 is 0 Å². The third kappa shape index (κ3) is 1.90. The van der Waals surface area contributed by atoms with E-state index in [9.17, 15) is 0 Å². The lowest BCUT2D eigenvalue weighted by atomic mass is 9.78. The minimum Gasteiger partial charge on any atom is -0.398 e. The van der Waals surface area contributed by atoms with E-state index in [1.165, 1.54) is 24.8 Å². The number of benzene rings is 1. The Labute approximate surface area is 85.5 Å². The summed E-state index contributed by atoms with van der Waals surface area (Å²) in [5, 5.41) is 3.57. The molecule has 2 heteroatoms. The molecule has 0 unspecified atom stereocenters. The minimum atomic E-state index is 0.363. The zero-order chi connectivity index (χ0) is 10.0. The second-order valence-corrected chi connectivity index (χ2v) is 4.47. The number of nitrogens with one attached hydrogen (secondary N) is 1. The van der Waals surface area contributed by atoms with Crippen LogP contribution in [-0.2, 0) is 6.54 Å². The number of hydrogen-bond donors (Lipinski definition) is 2. The minimum absolute atomic E-state index is 0.363. The maximum Gasteiger partial charge on any atom is 0.0359 e. The van der Waals surface area contributed by atoms with E-state index in [2.05, 4.69) is 18.3 Å².